The van der Waals surface area contributed by atoms with Gasteiger partial charge in [-0.15, -0.1) is 0 Å². The Balaban J connectivity index is 2.85. The summed E-state index contributed by atoms with van der Waals surface area (Å²) in [5.41, 5.74) is 0.628. The molecular weight excluding hydrogens is 296 g/mol. The normalized spacial score (nSPS) is 16.2. The van der Waals surface area contributed by atoms with Crippen molar-refractivity contribution in [3.8, 4) is 0 Å². The van der Waals surface area contributed by atoms with Crippen LogP contribution in [0.4, 0.5) is 0 Å². The molecule has 1 rings (SSSR count). The van der Waals surface area contributed by atoms with Crippen molar-refractivity contribution in [1.82, 2.24) is 0 Å². The van der Waals surface area contributed by atoms with Gasteiger partial charge in [-0.3, -0.25) is 8.37 Å². The van der Waals surface area contributed by atoms with Crippen LogP contribution in [0, 0.1) is 0 Å². The van der Waals surface area contributed by atoms with Gasteiger partial charge in [0.1, 0.15) is 0 Å². The van der Waals surface area contributed by atoms with E-state index in [9.17, 15) is 8.42 Å². The lowest BCUT2D eigenvalue weighted by atomic mass is 10.2. The predicted octanol–water partition coefficient (Wildman–Crippen LogP) is 2.74. The van der Waals surface area contributed by atoms with E-state index in [0.29, 0.717) is 22.1 Å². The van der Waals surface area contributed by atoms with Crippen molar-refractivity contribution < 1.29 is 16.8 Å². The van der Waals surface area contributed by atoms with Gasteiger partial charge in [0.15, 0.2) is 22.2 Å². The monoisotopic (exact) mass is 310 g/mol. The van der Waals surface area contributed by atoms with E-state index in [0.717, 1.165) is 0 Å². The standard InChI is InChI=1S/C11H15ClO4S2/c1-3-17(13)15-11(16-18(14)4-2)9-5-7-10(12)8-6-9/h5-8,11H,3-4H2,1-2H3. The molecule has 0 radical (unpaired) electrons. The zero-order valence-electron chi connectivity index (χ0n) is 10.1. The van der Waals surface area contributed by atoms with Crippen LogP contribution in [0.15, 0.2) is 24.3 Å². The van der Waals surface area contributed by atoms with Crippen LogP contribution in [0.1, 0.15) is 25.7 Å². The largest absolute Gasteiger partial charge is 0.253 e. The molecule has 0 amide bonds. The van der Waals surface area contributed by atoms with E-state index in [1.54, 1.807) is 38.1 Å². The molecule has 0 heterocycles. The third-order valence-electron chi connectivity index (χ3n) is 2.00. The van der Waals surface area contributed by atoms with Crippen molar-refractivity contribution in [2.45, 2.75) is 20.1 Å². The van der Waals surface area contributed by atoms with Gasteiger partial charge in [-0.1, -0.05) is 37.6 Å². The maximum absolute atomic E-state index is 11.4. The van der Waals surface area contributed by atoms with Crippen molar-refractivity contribution in [3.05, 3.63) is 34.9 Å². The van der Waals surface area contributed by atoms with Gasteiger partial charge in [-0.2, -0.15) is 0 Å². The first-order chi connectivity index (χ1) is 8.56. The number of halogens is 1. The Bertz CT molecular complexity index is 404. The van der Waals surface area contributed by atoms with Crippen LogP contribution in [0.5, 0.6) is 0 Å². The van der Waals surface area contributed by atoms with E-state index in [2.05, 4.69) is 0 Å². The molecule has 0 N–H and O–H groups in total. The second kappa shape index (κ2) is 8.01. The Labute approximate surface area is 117 Å². The molecule has 7 heteroatoms. The number of hydrogen-bond donors (Lipinski definition) is 0. The maximum Gasteiger partial charge on any atom is 0.214 e. The van der Waals surface area contributed by atoms with Gasteiger partial charge in [0.2, 0.25) is 6.29 Å². The van der Waals surface area contributed by atoms with Gasteiger partial charge in [0.25, 0.3) is 0 Å². The molecule has 0 aliphatic rings. The molecule has 102 valence electrons. The summed E-state index contributed by atoms with van der Waals surface area (Å²) in [6, 6.07) is 6.71. The van der Waals surface area contributed by atoms with Crippen LogP contribution < -0.4 is 0 Å². The molecule has 18 heavy (non-hydrogen) atoms. The first-order valence-corrected chi connectivity index (χ1v) is 8.29. The zero-order chi connectivity index (χ0) is 13.5. The summed E-state index contributed by atoms with van der Waals surface area (Å²) in [7, 11) is 0. The molecule has 0 saturated carbocycles. The molecule has 4 nitrogen and oxygen atoms in total. The highest BCUT2D eigenvalue weighted by Gasteiger charge is 2.18. The van der Waals surface area contributed by atoms with E-state index in [1.165, 1.54) is 0 Å². The quantitative estimate of drug-likeness (QED) is 0.727. The van der Waals surface area contributed by atoms with E-state index in [-0.39, 0.29) is 0 Å². The Morgan fingerprint density at radius 2 is 1.50 bits per heavy atom. The molecule has 0 aromatic heterocycles. The number of hydrogen-bond acceptors (Lipinski definition) is 4. The molecule has 1 aromatic rings. The van der Waals surface area contributed by atoms with Crippen molar-refractivity contribution in [1.29, 1.82) is 0 Å². The zero-order valence-corrected chi connectivity index (χ0v) is 12.5. The Kier molecular flexibility index (Phi) is 7.03. The molecule has 0 aliphatic carbocycles. The van der Waals surface area contributed by atoms with Gasteiger partial charge in [-0.05, 0) is 12.1 Å². The molecule has 0 bridgehead atoms. The first kappa shape index (κ1) is 15.8. The first-order valence-electron chi connectivity index (χ1n) is 5.43. The number of benzene rings is 1. The summed E-state index contributed by atoms with van der Waals surface area (Å²) in [6.07, 6.45) is -0.913. The minimum atomic E-state index is -1.47. The summed E-state index contributed by atoms with van der Waals surface area (Å²) < 4.78 is 33.3. The molecule has 1 aromatic carbocycles. The Hall–Kier alpha value is -0.270. The van der Waals surface area contributed by atoms with Crippen LogP contribution >= 0.6 is 11.6 Å². The highest BCUT2D eigenvalue weighted by Crippen LogP contribution is 2.23. The maximum atomic E-state index is 11.4. The van der Waals surface area contributed by atoms with Crippen molar-refractivity contribution in [2.24, 2.45) is 0 Å². The van der Waals surface area contributed by atoms with Gasteiger partial charge in [0, 0.05) is 22.1 Å². The second-order valence-electron chi connectivity index (χ2n) is 3.26. The summed E-state index contributed by atoms with van der Waals surface area (Å²) in [5.74, 6) is 0.679. The van der Waals surface area contributed by atoms with Crippen molar-refractivity contribution in [2.75, 3.05) is 11.5 Å². The molecule has 0 spiro atoms. The van der Waals surface area contributed by atoms with Crippen LogP contribution in [-0.2, 0) is 30.5 Å². The van der Waals surface area contributed by atoms with Gasteiger partial charge < -0.3 is 0 Å². The Morgan fingerprint density at radius 3 is 1.89 bits per heavy atom. The average molecular weight is 311 g/mol. The van der Waals surface area contributed by atoms with Gasteiger partial charge in [-0.25, -0.2) is 8.42 Å². The molecule has 0 fully saturated rings. The summed E-state index contributed by atoms with van der Waals surface area (Å²) in [5, 5.41) is 0.575. The SMILES string of the molecule is CCS(=O)OC(OS(=O)CC)c1ccc(Cl)cc1. The minimum absolute atomic E-state index is 0.339. The van der Waals surface area contributed by atoms with E-state index in [4.69, 9.17) is 20.0 Å². The molecule has 2 atom stereocenters. The smallest absolute Gasteiger partial charge is 0.214 e. The van der Waals surface area contributed by atoms with E-state index < -0.39 is 28.5 Å². The van der Waals surface area contributed by atoms with Crippen LogP contribution in [-0.4, -0.2) is 19.9 Å². The number of rotatable bonds is 7. The minimum Gasteiger partial charge on any atom is -0.253 e. The average Bonchev–Trinajstić information content (AvgIpc) is 2.38. The Morgan fingerprint density at radius 1 is 1.06 bits per heavy atom. The topological polar surface area (TPSA) is 52.6 Å². The second-order valence-corrected chi connectivity index (χ2v) is 6.45. The summed E-state index contributed by atoms with van der Waals surface area (Å²) in [6.45, 7) is 3.46. The predicted molar refractivity (Wildman–Crippen MR) is 73.7 cm³/mol. The van der Waals surface area contributed by atoms with Crippen molar-refractivity contribution >= 4 is 33.8 Å². The summed E-state index contributed by atoms with van der Waals surface area (Å²) in [4.78, 5) is 0. The lowest BCUT2D eigenvalue weighted by Crippen LogP contribution is -2.14. The highest BCUT2D eigenvalue weighted by molar-refractivity contribution is 7.80. The van der Waals surface area contributed by atoms with Gasteiger partial charge in [0.05, 0.1) is 0 Å². The molecule has 2 unspecified atom stereocenters. The molecule has 0 saturated heterocycles. The van der Waals surface area contributed by atoms with E-state index >= 15 is 0 Å². The lowest BCUT2D eigenvalue weighted by Gasteiger charge is -2.16. The molecular formula is C11H15ClO4S2. The van der Waals surface area contributed by atoms with E-state index in [1.807, 2.05) is 0 Å². The third-order valence-corrected chi connectivity index (χ3v) is 3.98. The highest BCUT2D eigenvalue weighted by atomic mass is 35.5. The van der Waals surface area contributed by atoms with Crippen LogP contribution in [0.3, 0.4) is 0 Å². The molecule has 0 aliphatic heterocycles. The van der Waals surface area contributed by atoms with Crippen LogP contribution in [0.2, 0.25) is 5.02 Å². The fraction of sp³-hybridized carbons (Fsp3) is 0.455. The van der Waals surface area contributed by atoms with Crippen molar-refractivity contribution in [3.63, 3.8) is 0 Å². The fourth-order valence-corrected chi connectivity index (χ4v) is 2.22. The third kappa shape index (κ3) is 5.16. The fourth-order valence-electron chi connectivity index (χ4n) is 1.08. The summed E-state index contributed by atoms with van der Waals surface area (Å²) >= 11 is 2.83. The van der Waals surface area contributed by atoms with Gasteiger partial charge >= 0.3 is 0 Å². The van der Waals surface area contributed by atoms with Crippen LogP contribution in [0.25, 0.3) is 0 Å². The lowest BCUT2D eigenvalue weighted by molar-refractivity contribution is 0.0281.